The Morgan fingerprint density at radius 2 is 0.754 bits per heavy atom. The van der Waals surface area contributed by atoms with Crippen LogP contribution >= 0.6 is 0 Å². The third-order valence-electron chi connectivity index (χ3n) is 7.93. The van der Waals surface area contributed by atoms with Crippen LogP contribution in [0.1, 0.15) is 0 Å². The summed E-state index contributed by atoms with van der Waals surface area (Å²) in [5.41, 5.74) is 0. The molecule has 0 amide bonds. The first-order valence-electron chi connectivity index (χ1n) is 15.3. The molecule has 0 saturated heterocycles. The number of likely N-dealkylation sites (N-methyl/N-ethyl adjacent to an activating group) is 1. The first-order valence-corrected chi connectivity index (χ1v) is 16.7. The van der Waals surface area contributed by atoms with Gasteiger partial charge in [0.25, 0.3) is 0 Å². The highest BCUT2D eigenvalue weighted by Crippen LogP contribution is 2.65. The zero-order chi connectivity index (χ0) is 55.9. The number of carboxylic acid groups (broad SMARTS) is 1. The van der Waals surface area contributed by atoms with Gasteiger partial charge in [0.05, 0.1) is 0 Å². The molecule has 1 aromatic rings. The molecule has 0 aliphatic rings. The highest BCUT2D eigenvalue weighted by molar-refractivity contribution is 7.89. The SMILES string of the molecule is CN(CC(=O)O)S(=O)(=O)c1cccc(OC(F)=C(F)C(F)(F)C(F)(F)C(F)(F)C(F)(F)C(F)(F)C(F)(F)C(F)(F)F)c1OC(F)=C(F)C(F)(F)C(F)(F)C(F)(F)C(F)(F)C(F)(F)C(F)(F)C(F)(F)F. The van der Waals surface area contributed by atoms with Crippen LogP contribution in [0.4, 0.5) is 149 Å². The summed E-state index contributed by atoms with van der Waals surface area (Å²) in [6, 6.07) is -11.1. The number of rotatable bonds is 20. The van der Waals surface area contributed by atoms with Crippen LogP contribution < -0.4 is 9.47 Å². The number of nitrogens with zero attached hydrogens (tertiary/aromatic N) is 1. The van der Waals surface area contributed by atoms with Crippen molar-refractivity contribution in [3.05, 3.63) is 41.9 Å². The average molecular weight is 1120 g/mol. The maximum atomic E-state index is 14.8. The smallest absolute Gasteiger partial charge is 0.460 e. The van der Waals surface area contributed by atoms with E-state index in [0.717, 1.165) is 0 Å². The number of carbonyl (C=O) groups is 1. The van der Waals surface area contributed by atoms with Crippen molar-refractivity contribution in [2.75, 3.05) is 13.6 Å². The second-order valence-electron chi connectivity index (χ2n) is 12.5. The molecular weight excluding hydrogens is 1110 g/mol. The summed E-state index contributed by atoms with van der Waals surface area (Å²) in [4.78, 5) is 8.30. The lowest BCUT2D eigenvalue weighted by atomic mass is 9.90. The summed E-state index contributed by atoms with van der Waals surface area (Å²) in [7, 11) is -6.41. The molecule has 0 aliphatic carbocycles. The van der Waals surface area contributed by atoms with Crippen molar-refractivity contribution in [3.63, 3.8) is 0 Å². The van der Waals surface area contributed by atoms with Crippen molar-refractivity contribution < 1.29 is 177 Å². The number of ether oxygens (including phenoxy) is 2. The van der Waals surface area contributed by atoms with E-state index in [9.17, 15) is 162 Å². The fraction of sp³-hybridized carbons (Fsp3) is 0.593. The molecule has 0 unspecified atom stereocenters. The first-order chi connectivity index (χ1) is 29.8. The summed E-state index contributed by atoms with van der Waals surface area (Å²) < 4.78 is 495. The van der Waals surface area contributed by atoms with Crippen molar-refractivity contribution in [2.24, 2.45) is 0 Å². The second kappa shape index (κ2) is 17.6. The quantitative estimate of drug-likeness (QED) is 0.103. The van der Waals surface area contributed by atoms with Gasteiger partial charge in [-0.3, -0.25) is 4.79 Å². The first kappa shape index (κ1) is 62.3. The number of alkyl halides is 30. The Morgan fingerprint density at radius 3 is 1.04 bits per heavy atom. The normalized spacial score (nSPS) is 16.3. The minimum absolute atomic E-state index is 0.0601. The van der Waals surface area contributed by atoms with Gasteiger partial charge in [-0.25, -0.2) is 8.42 Å². The predicted octanol–water partition coefficient (Wildman–Crippen LogP) is 12.1. The van der Waals surface area contributed by atoms with Gasteiger partial charge >= 0.3 is 101 Å². The molecule has 0 atom stereocenters. The molecule has 1 N–H and O–H groups in total. The minimum atomic E-state index is -9.26. The largest absolute Gasteiger partial charge is 0.480 e. The fourth-order valence-corrected chi connectivity index (χ4v) is 5.30. The molecule has 69 heavy (non-hydrogen) atoms. The average Bonchev–Trinajstić information content (AvgIpc) is 3.15. The maximum absolute atomic E-state index is 14.8. The van der Waals surface area contributed by atoms with Gasteiger partial charge < -0.3 is 14.6 Å². The van der Waals surface area contributed by atoms with Crippen LogP contribution in [0.2, 0.25) is 0 Å². The van der Waals surface area contributed by atoms with E-state index < -0.39 is 162 Å². The molecule has 0 radical (unpaired) electrons. The number of para-hydroxylation sites is 1. The molecule has 0 fully saturated rings. The van der Waals surface area contributed by atoms with Crippen LogP contribution in [0.15, 0.2) is 46.8 Å². The molecule has 0 aromatic heterocycles. The molecule has 0 aliphatic heterocycles. The summed E-state index contributed by atoms with van der Waals surface area (Å²) in [5.74, 6) is -127. The van der Waals surface area contributed by atoms with Gasteiger partial charge in [-0.2, -0.15) is 154 Å². The third kappa shape index (κ3) is 9.14. The van der Waals surface area contributed by atoms with Crippen molar-refractivity contribution in [3.8, 4) is 11.5 Å². The van der Waals surface area contributed by atoms with Gasteiger partial charge in [0.1, 0.15) is 11.4 Å². The lowest BCUT2D eigenvalue weighted by molar-refractivity contribution is -0.451. The molecule has 1 aromatic carbocycles. The van der Waals surface area contributed by atoms with Crippen molar-refractivity contribution >= 4 is 16.0 Å². The van der Waals surface area contributed by atoms with Crippen LogP contribution in [0.5, 0.6) is 11.5 Å². The van der Waals surface area contributed by atoms with Crippen LogP contribution in [0.3, 0.4) is 0 Å². The van der Waals surface area contributed by atoms with Gasteiger partial charge in [-0.05, 0) is 12.1 Å². The number of carboxylic acids is 1. The number of benzene rings is 1. The molecule has 402 valence electrons. The van der Waals surface area contributed by atoms with Crippen LogP contribution in [-0.2, 0) is 14.8 Å². The Bertz CT molecular complexity index is 2280. The van der Waals surface area contributed by atoms with Gasteiger partial charge in [0.2, 0.25) is 21.7 Å². The Morgan fingerprint density at radius 1 is 0.478 bits per heavy atom. The highest BCUT2D eigenvalue weighted by atomic mass is 32.2. The van der Waals surface area contributed by atoms with Crippen LogP contribution in [-0.4, -0.2) is 121 Å². The second-order valence-corrected chi connectivity index (χ2v) is 14.5. The number of hydrogen-bond acceptors (Lipinski definition) is 5. The molecular formula is C27H9F34NO6S. The van der Waals surface area contributed by atoms with Gasteiger partial charge in [0.15, 0.2) is 11.5 Å². The van der Waals surface area contributed by atoms with E-state index in [1.165, 1.54) is 0 Å². The molecule has 0 bridgehead atoms. The predicted molar refractivity (Wildman–Crippen MR) is 145 cm³/mol. The number of halogens is 34. The topological polar surface area (TPSA) is 93.1 Å². The lowest BCUT2D eigenvalue weighted by Gasteiger charge is -2.41. The van der Waals surface area contributed by atoms with Crippen molar-refractivity contribution in [2.45, 2.75) is 88.3 Å². The van der Waals surface area contributed by atoms with Gasteiger partial charge in [-0.1, -0.05) is 6.07 Å². The molecule has 7 nitrogen and oxygen atoms in total. The van der Waals surface area contributed by atoms with Gasteiger partial charge in [0, 0.05) is 7.05 Å². The summed E-state index contributed by atoms with van der Waals surface area (Å²) in [5, 5.41) is 8.76. The van der Waals surface area contributed by atoms with E-state index in [1.54, 1.807) is 0 Å². The minimum Gasteiger partial charge on any atom is -0.480 e. The van der Waals surface area contributed by atoms with E-state index in [2.05, 4.69) is 9.47 Å². The van der Waals surface area contributed by atoms with E-state index in [0.29, 0.717) is 0 Å². The summed E-state index contributed by atoms with van der Waals surface area (Å²) in [6.45, 7) is -2.05. The molecule has 0 saturated carbocycles. The summed E-state index contributed by atoms with van der Waals surface area (Å²) >= 11 is 0. The molecule has 42 heteroatoms. The number of aliphatic carboxylic acids is 1. The number of allylic oxidation sites excluding steroid dienone is 2. The zero-order valence-electron chi connectivity index (χ0n) is 30.6. The van der Waals surface area contributed by atoms with Crippen molar-refractivity contribution in [1.29, 1.82) is 0 Å². The third-order valence-corrected chi connectivity index (χ3v) is 9.76. The maximum Gasteiger partial charge on any atom is 0.460 e. The Kier molecular flexibility index (Phi) is 15.9. The fourth-order valence-electron chi connectivity index (χ4n) is 4.05. The molecule has 1 rings (SSSR count). The standard InChI is InChI=1S/C27H9F34NO6S/c1-62(5-8(63)64)69(65,66)7-4-2-3-6(67-12(30)10(28)14(32,33)16(36,37)18(40,41)20(44,45)22(48,49)24(52,53)26(56,57)58)9(7)68-13(31)11(29)15(34,35)17(38,39)19(42,43)21(46,47)23(50,51)25(54,55)27(59,60)61/h2-4H,5H2,1H3,(H,63,64). The Labute approximate surface area is 353 Å². The van der Waals surface area contributed by atoms with E-state index in [4.69, 9.17) is 5.11 Å². The van der Waals surface area contributed by atoms with E-state index in [1.807, 2.05) is 0 Å². The Hall–Kier alpha value is -4.70. The summed E-state index contributed by atoms with van der Waals surface area (Å²) in [6.07, 6.45) is -16.4. The van der Waals surface area contributed by atoms with Crippen molar-refractivity contribution in [1.82, 2.24) is 4.31 Å². The number of hydrogen-bond donors (Lipinski definition) is 1. The van der Waals surface area contributed by atoms with Gasteiger partial charge in [-0.15, -0.1) is 0 Å². The molecule has 0 spiro atoms. The zero-order valence-corrected chi connectivity index (χ0v) is 31.5. The lowest BCUT2D eigenvalue weighted by Crippen LogP contribution is -2.72. The van der Waals surface area contributed by atoms with Crippen LogP contribution in [0, 0.1) is 0 Å². The van der Waals surface area contributed by atoms with E-state index in [-0.39, 0.29) is 13.1 Å². The van der Waals surface area contributed by atoms with E-state index >= 15 is 0 Å². The highest BCUT2D eigenvalue weighted by Gasteiger charge is 2.95. The molecule has 0 heterocycles. The van der Waals surface area contributed by atoms with Crippen LogP contribution in [0.25, 0.3) is 0 Å². The monoisotopic (exact) mass is 1120 g/mol. The Balaban J connectivity index is 4.33. The number of sulfonamides is 1.